The van der Waals surface area contributed by atoms with E-state index >= 15 is 0 Å². The highest BCUT2D eigenvalue weighted by molar-refractivity contribution is 6.23. The van der Waals surface area contributed by atoms with Gasteiger partial charge in [-0.2, -0.15) is 0 Å². The highest BCUT2D eigenvalue weighted by Crippen LogP contribution is 2.54. The van der Waals surface area contributed by atoms with Crippen LogP contribution in [0.3, 0.4) is 0 Å². The van der Waals surface area contributed by atoms with E-state index in [1.807, 2.05) is 13.8 Å². The number of amides is 4. The molecule has 7 heteroatoms. The van der Waals surface area contributed by atoms with Gasteiger partial charge in [0.15, 0.2) is 0 Å². The molecule has 1 aromatic rings. The third kappa shape index (κ3) is 3.11. The van der Waals surface area contributed by atoms with Crippen molar-refractivity contribution in [3.05, 3.63) is 29.8 Å². The molecule has 1 unspecified atom stereocenters. The third-order valence-corrected chi connectivity index (χ3v) is 5.88. The number of benzene rings is 1. The monoisotopic (exact) mass is 414 g/mol. The van der Waals surface area contributed by atoms with Crippen LogP contribution < -0.4 is 4.90 Å². The number of likely N-dealkylation sites (tertiary alicyclic amines) is 1. The summed E-state index contributed by atoms with van der Waals surface area (Å²) in [6.07, 6.45) is -0.836. The van der Waals surface area contributed by atoms with Crippen molar-refractivity contribution in [3.8, 4) is 0 Å². The van der Waals surface area contributed by atoms with Gasteiger partial charge in [-0.3, -0.25) is 19.3 Å². The van der Waals surface area contributed by atoms with Crippen LogP contribution in [0.5, 0.6) is 0 Å². The van der Waals surface area contributed by atoms with Gasteiger partial charge in [-0.15, -0.1) is 0 Å². The predicted octanol–water partition coefficient (Wildman–Crippen LogP) is 3.65. The third-order valence-electron chi connectivity index (χ3n) is 5.88. The second kappa shape index (κ2) is 7.22. The van der Waals surface area contributed by atoms with Crippen molar-refractivity contribution in [2.45, 2.75) is 71.9 Å². The molecule has 30 heavy (non-hydrogen) atoms. The highest BCUT2D eigenvalue weighted by Gasteiger charge is 2.64. The summed E-state index contributed by atoms with van der Waals surface area (Å²) >= 11 is 0. The Bertz CT molecular complexity index is 914. The lowest BCUT2D eigenvalue weighted by Gasteiger charge is -2.37. The first-order chi connectivity index (χ1) is 13.8. The van der Waals surface area contributed by atoms with Crippen LogP contribution in [0.15, 0.2) is 24.3 Å². The maximum atomic E-state index is 13.9. The maximum absolute atomic E-state index is 13.9. The summed E-state index contributed by atoms with van der Waals surface area (Å²) in [4.78, 5) is 55.2. The zero-order chi connectivity index (χ0) is 22.6. The van der Waals surface area contributed by atoms with Crippen LogP contribution in [0.25, 0.3) is 0 Å². The number of hydrogen-bond donors (Lipinski definition) is 0. The van der Waals surface area contributed by atoms with E-state index in [1.165, 1.54) is 4.90 Å². The van der Waals surface area contributed by atoms with Gasteiger partial charge in [0.1, 0.15) is 5.60 Å². The first-order valence-electron chi connectivity index (χ1n) is 10.4. The molecule has 2 aliphatic heterocycles. The van der Waals surface area contributed by atoms with Gasteiger partial charge >= 0.3 is 6.09 Å². The second-order valence-corrected chi connectivity index (χ2v) is 9.61. The van der Waals surface area contributed by atoms with Gasteiger partial charge in [-0.25, -0.2) is 9.69 Å². The van der Waals surface area contributed by atoms with E-state index in [9.17, 15) is 19.2 Å². The van der Waals surface area contributed by atoms with E-state index in [1.54, 1.807) is 58.9 Å². The van der Waals surface area contributed by atoms with Crippen molar-refractivity contribution in [2.24, 2.45) is 11.8 Å². The van der Waals surface area contributed by atoms with Crippen molar-refractivity contribution in [2.75, 3.05) is 4.90 Å². The fourth-order valence-corrected chi connectivity index (χ4v) is 4.76. The molecule has 1 fully saturated rings. The van der Waals surface area contributed by atoms with Crippen LogP contribution in [0.4, 0.5) is 10.5 Å². The van der Waals surface area contributed by atoms with Crippen LogP contribution in [0.2, 0.25) is 0 Å². The molecule has 0 spiro atoms. The molecule has 0 aromatic heterocycles. The van der Waals surface area contributed by atoms with E-state index < -0.39 is 28.9 Å². The molecule has 0 aliphatic carbocycles. The van der Waals surface area contributed by atoms with Crippen molar-refractivity contribution >= 4 is 29.5 Å². The van der Waals surface area contributed by atoms with Crippen LogP contribution in [0.1, 0.15) is 60.5 Å². The quantitative estimate of drug-likeness (QED) is 0.705. The standard InChI is InChI=1S/C23H30N2O5/c1-13(2)23(16-12-18(26)24(14(3)4)19(16)27)15-10-8-9-11-17(15)25(20(23)28)21(29)30-22(5,6)7/h8-11,13-14,16H,12H2,1-7H3/t16-,23?/m1/s1. The van der Waals surface area contributed by atoms with E-state index in [0.29, 0.717) is 11.3 Å². The topological polar surface area (TPSA) is 84.0 Å². The number of anilines is 1. The number of fused-ring (bicyclic) bond motifs is 1. The lowest BCUT2D eigenvalue weighted by Crippen LogP contribution is -2.53. The fourth-order valence-electron chi connectivity index (χ4n) is 4.76. The number of hydrogen-bond acceptors (Lipinski definition) is 5. The maximum Gasteiger partial charge on any atom is 0.421 e. The molecule has 2 atom stereocenters. The number of carbonyl (C=O) groups is 4. The first kappa shape index (κ1) is 22.0. The van der Waals surface area contributed by atoms with Gasteiger partial charge in [0.2, 0.25) is 17.7 Å². The SMILES string of the molecule is CC(C)N1C(=O)C[C@@H](C2(C(C)C)C(=O)N(C(=O)OC(C)(C)C)c3ccccc32)C1=O. The van der Waals surface area contributed by atoms with Gasteiger partial charge < -0.3 is 4.74 Å². The summed E-state index contributed by atoms with van der Waals surface area (Å²) < 4.78 is 5.50. The minimum atomic E-state index is -1.32. The largest absolute Gasteiger partial charge is 0.443 e. The van der Waals surface area contributed by atoms with Gasteiger partial charge in [0, 0.05) is 12.5 Å². The van der Waals surface area contributed by atoms with Gasteiger partial charge in [0.25, 0.3) is 0 Å². The van der Waals surface area contributed by atoms with Crippen LogP contribution >= 0.6 is 0 Å². The van der Waals surface area contributed by atoms with Gasteiger partial charge in [-0.05, 0) is 52.2 Å². The minimum Gasteiger partial charge on any atom is -0.443 e. The summed E-state index contributed by atoms with van der Waals surface area (Å²) in [5.74, 6) is -2.36. The van der Waals surface area contributed by atoms with E-state index in [4.69, 9.17) is 4.74 Å². The molecule has 0 saturated carbocycles. The number of rotatable bonds is 3. The lowest BCUT2D eigenvalue weighted by atomic mass is 9.63. The van der Waals surface area contributed by atoms with Gasteiger partial charge in [-0.1, -0.05) is 32.0 Å². The number of ether oxygens (including phenoxy) is 1. The molecule has 3 rings (SSSR count). The predicted molar refractivity (Wildman–Crippen MR) is 112 cm³/mol. The molecular formula is C23H30N2O5. The summed E-state index contributed by atoms with van der Waals surface area (Å²) in [7, 11) is 0. The Hall–Kier alpha value is -2.70. The number of para-hydroxylation sites is 1. The summed E-state index contributed by atoms with van der Waals surface area (Å²) in [6, 6.07) is 6.68. The number of nitrogens with zero attached hydrogens (tertiary/aromatic N) is 2. The average molecular weight is 415 g/mol. The summed E-state index contributed by atoms with van der Waals surface area (Å²) in [6.45, 7) is 12.4. The van der Waals surface area contributed by atoms with Crippen LogP contribution in [-0.2, 0) is 24.5 Å². The van der Waals surface area contributed by atoms with Crippen molar-refractivity contribution in [1.29, 1.82) is 0 Å². The van der Waals surface area contributed by atoms with Crippen molar-refractivity contribution in [1.82, 2.24) is 4.90 Å². The molecule has 2 heterocycles. The van der Waals surface area contributed by atoms with Crippen molar-refractivity contribution < 1.29 is 23.9 Å². The normalized spacial score (nSPS) is 24.3. The summed E-state index contributed by atoms with van der Waals surface area (Å²) in [5.41, 5.74) is -1.10. The lowest BCUT2D eigenvalue weighted by molar-refractivity contribution is -0.144. The van der Waals surface area contributed by atoms with Gasteiger partial charge in [0.05, 0.1) is 17.0 Å². The summed E-state index contributed by atoms with van der Waals surface area (Å²) in [5, 5.41) is 0. The molecule has 0 bridgehead atoms. The minimum absolute atomic E-state index is 0.0581. The Morgan fingerprint density at radius 1 is 1.10 bits per heavy atom. The Balaban J connectivity index is 2.19. The number of carbonyl (C=O) groups excluding carboxylic acids is 4. The van der Waals surface area contributed by atoms with Crippen molar-refractivity contribution in [3.63, 3.8) is 0 Å². The van der Waals surface area contributed by atoms with E-state index in [-0.39, 0.29) is 30.2 Å². The molecule has 1 saturated heterocycles. The molecule has 0 N–H and O–H groups in total. The zero-order valence-corrected chi connectivity index (χ0v) is 18.7. The van der Waals surface area contributed by atoms with E-state index in [2.05, 4.69) is 0 Å². The average Bonchev–Trinajstić information content (AvgIpc) is 3.04. The molecular weight excluding hydrogens is 384 g/mol. The number of imide groups is 2. The smallest absolute Gasteiger partial charge is 0.421 e. The second-order valence-electron chi connectivity index (χ2n) is 9.61. The van der Waals surface area contributed by atoms with Crippen LogP contribution in [-0.4, -0.2) is 40.4 Å². The molecule has 2 aliphatic rings. The van der Waals surface area contributed by atoms with Crippen LogP contribution in [0, 0.1) is 11.8 Å². The Kier molecular flexibility index (Phi) is 5.29. The highest BCUT2D eigenvalue weighted by atomic mass is 16.6. The van der Waals surface area contributed by atoms with E-state index in [0.717, 1.165) is 4.90 Å². The molecule has 7 nitrogen and oxygen atoms in total. The zero-order valence-electron chi connectivity index (χ0n) is 18.7. The first-order valence-corrected chi connectivity index (χ1v) is 10.4. The Morgan fingerprint density at radius 3 is 2.20 bits per heavy atom. The molecule has 4 amide bonds. The fraction of sp³-hybridized carbons (Fsp3) is 0.565. The Labute approximate surface area is 177 Å². The molecule has 0 radical (unpaired) electrons. The Morgan fingerprint density at radius 2 is 1.70 bits per heavy atom. The molecule has 162 valence electrons. The molecule has 1 aromatic carbocycles.